The number of carbonyl (C=O) groups excluding carboxylic acids is 2. The van der Waals surface area contributed by atoms with E-state index < -0.39 is 0 Å². The first-order valence-corrected chi connectivity index (χ1v) is 7.83. The second-order valence-corrected chi connectivity index (χ2v) is 5.34. The molecule has 0 aliphatic carbocycles. The predicted molar refractivity (Wildman–Crippen MR) is 88.8 cm³/mol. The maximum atomic E-state index is 10.9. The molecule has 1 rings (SSSR count). The molecule has 0 radical (unpaired) electrons. The first kappa shape index (κ1) is 21.3. The number of hydrogen-bond donors (Lipinski definition) is 0. The lowest BCUT2D eigenvalue weighted by Crippen LogP contribution is -2.25. The zero-order valence-electron chi connectivity index (χ0n) is 14.6. The van der Waals surface area contributed by atoms with Gasteiger partial charge in [-0.15, -0.1) is 0 Å². The molecule has 0 atom stereocenters. The molecular formula is C17H29NO5. The van der Waals surface area contributed by atoms with Crippen LogP contribution in [0.2, 0.25) is 0 Å². The minimum Gasteiger partial charge on any atom is -0.462 e. The van der Waals surface area contributed by atoms with Crippen molar-refractivity contribution in [1.82, 2.24) is 4.90 Å². The highest BCUT2D eigenvalue weighted by atomic mass is 16.5. The lowest BCUT2D eigenvalue weighted by atomic mass is 10.3. The number of hydrogen-bond acceptors (Lipinski definition) is 6. The van der Waals surface area contributed by atoms with Crippen LogP contribution in [0.15, 0.2) is 24.3 Å². The normalized spacial score (nSPS) is 13.7. The van der Waals surface area contributed by atoms with Crippen molar-refractivity contribution in [2.24, 2.45) is 0 Å². The lowest BCUT2D eigenvalue weighted by Gasteiger charge is -2.12. The van der Waals surface area contributed by atoms with Gasteiger partial charge < -0.3 is 14.2 Å². The van der Waals surface area contributed by atoms with Crippen LogP contribution in [0.3, 0.4) is 0 Å². The van der Waals surface area contributed by atoms with Gasteiger partial charge in [0, 0.05) is 24.2 Å². The maximum absolute atomic E-state index is 10.9. The summed E-state index contributed by atoms with van der Waals surface area (Å²) in [6.07, 6.45) is 1.97. The SMILES string of the molecule is C=C(C)C(=O)OCCCC.C=C(C)C(=O)OCCN1CCOC1. The van der Waals surface area contributed by atoms with E-state index in [1.165, 1.54) is 0 Å². The van der Waals surface area contributed by atoms with Gasteiger partial charge >= 0.3 is 11.9 Å². The highest BCUT2D eigenvalue weighted by Crippen LogP contribution is 1.99. The molecule has 1 heterocycles. The van der Waals surface area contributed by atoms with Gasteiger partial charge in [0.2, 0.25) is 0 Å². The molecule has 1 saturated heterocycles. The van der Waals surface area contributed by atoms with E-state index >= 15 is 0 Å². The van der Waals surface area contributed by atoms with Crippen LogP contribution in [-0.4, -0.2) is 56.5 Å². The number of rotatable bonds is 8. The Bertz CT molecular complexity index is 400. The second-order valence-electron chi connectivity index (χ2n) is 5.34. The van der Waals surface area contributed by atoms with E-state index in [0.717, 1.165) is 32.5 Å². The Morgan fingerprint density at radius 2 is 1.65 bits per heavy atom. The van der Waals surface area contributed by atoms with Crippen LogP contribution in [-0.2, 0) is 23.8 Å². The fraction of sp³-hybridized carbons (Fsp3) is 0.647. The molecule has 0 aromatic heterocycles. The fourth-order valence-corrected chi connectivity index (χ4v) is 1.45. The Morgan fingerprint density at radius 3 is 2.09 bits per heavy atom. The van der Waals surface area contributed by atoms with Crippen molar-refractivity contribution in [3.05, 3.63) is 24.3 Å². The monoisotopic (exact) mass is 327 g/mol. The fourth-order valence-electron chi connectivity index (χ4n) is 1.45. The zero-order valence-corrected chi connectivity index (χ0v) is 14.6. The van der Waals surface area contributed by atoms with E-state index in [0.29, 0.717) is 31.1 Å². The van der Waals surface area contributed by atoms with Crippen molar-refractivity contribution < 1.29 is 23.8 Å². The standard InChI is InChI=1S/C9H15NO3.C8H14O2/c1-8(2)9(11)13-6-4-10-3-5-12-7-10;1-4-5-6-10-8(9)7(2)3/h1,3-7H2,2H3;2,4-6H2,1,3H3. The van der Waals surface area contributed by atoms with Gasteiger partial charge in [0.15, 0.2) is 0 Å². The Morgan fingerprint density at radius 1 is 1.09 bits per heavy atom. The molecule has 0 amide bonds. The van der Waals surface area contributed by atoms with Crippen molar-refractivity contribution in [2.45, 2.75) is 33.6 Å². The maximum Gasteiger partial charge on any atom is 0.333 e. The Kier molecular flexibility index (Phi) is 11.9. The number of carbonyl (C=O) groups is 2. The molecule has 1 aliphatic heterocycles. The summed E-state index contributed by atoms with van der Waals surface area (Å²) in [4.78, 5) is 23.7. The van der Waals surface area contributed by atoms with Gasteiger partial charge in [-0.25, -0.2) is 9.59 Å². The molecule has 0 spiro atoms. The third-order valence-electron chi connectivity index (χ3n) is 2.89. The van der Waals surface area contributed by atoms with Gasteiger partial charge in [-0.2, -0.15) is 0 Å². The highest BCUT2D eigenvalue weighted by molar-refractivity contribution is 5.87. The molecule has 6 nitrogen and oxygen atoms in total. The van der Waals surface area contributed by atoms with Crippen LogP contribution in [0.5, 0.6) is 0 Å². The molecule has 1 aliphatic rings. The number of esters is 2. The van der Waals surface area contributed by atoms with E-state index in [1.807, 2.05) is 0 Å². The summed E-state index contributed by atoms with van der Waals surface area (Å²) in [5.41, 5.74) is 0.911. The van der Waals surface area contributed by atoms with Crippen molar-refractivity contribution in [1.29, 1.82) is 0 Å². The average Bonchev–Trinajstić information content (AvgIpc) is 3.01. The summed E-state index contributed by atoms with van der Waals surface area (Å²) in [5, 5.41) is 0. The Labute approximate surface area is 139 Å². The molecule has 23 heavy (non-hydrogen) atoms. The van der Waals surface area contributed by atoms with Crippen molar-refractivity contribution in [2.75, 3.05) is 39.6 Å². The van der Waals surface area contributed by atoms with Crippen LogP contribution in [0.4, 0.5) is 0 Å². The van der Waals surface area contributed by atoms with E-state index in [2.05, 4.69) is 25.0 Å². The van der Waals surface area contributed by atoms with Crippen LogP contribution in [0, 0.1) is 0 Å². The van der Waals surface area contributed by atoms with Gasteiger partial charge in [-0.1, -0.05) is 26.5 Å². The molecule has 0 aromatic rings. The second kappa shape index (κ2) is 12.8. The highest BCUT2D eigenvalue weighted by Gasteiger charge is 2.12. The van der Waals surface area contributed by atoms with Crippen LogP contribution in [0.1, 0.15) is 33.6 Å². The van der Waals surface area contributed by atoms with Crippen LogP contribution in [0.25, 0.3) is 0 Å². The molecular weight excluding hydrogens is 298 g/mol. The quantitative estimate of drug-likeness (QED) is 0.387. The third kappa shape index (κ3) is 11.5. The van der Waals surface area contributed by atoms with E-state index in [4.69, 9.17) is 14.2 Å². The van der Waals surface area contributed by atoms with E-state index in [9.17, 15) is 9.59 Å². The first-order chi connectivity index (χ1) is 10.9. The molecule has 1 fully saturated rings. The van der Waals surface area contributed by atoms with Gasteiger partial charge in [-0.3, -0.25) is 4.90 Å². The smallest absolute Gasteiger partial charge is 0.333 e. The Balaban J connectivity index is 0.000000438. The van der Waals surface area contributed by atoms with Crippen LogP contribution >= 0.6 is 0 Å². The molecule has 132 valence electrons. The molecule has 0 bridgehead atoms. The first-order valence-electron chi connectivity index (χ1n) is 7.83. The van der Waals surface area contributed by atoms with Gasteiger partial charge in [-0.05, 0) is 20.3 Å². The lowest BCUT2D eigenvalue weighted by molar-refractivity contribution is -0.140. The number of nitrogens with zero attached hydrogens (tertiary/aromatic N) is 1. The van der Waals surface area contributed by atoms with Gasteiger partial charge in [0.05, 0.1) is 19.9 Å². The third-order valence-corrected chi connectivity index (χ3v) is 2.89. The summed E-state index contributed by atoms with van der Waals surface area (Å²) in [6, 6.07) is 0. The predicted octanol–water partition coefficient (Wildman–Crippen LogP) is 2.30. The van der Waals surface area contributed by atoms with Gasteiger partial charge in [0.25, 0.3) is 0 Å². The minimum absolute atomic E-state index is 0.284. The molecule has 0 saturated carbocycles. The Hall–Kier alpha value is -1.66. The summed E-state index contributed by atoms with van der Waals surface area (Å²) in [5.74, 6) is -0.603. The molecule has 0 unspecified atom stereocenters. The molecule has 6 heteroatoms. The number of unbranched alkanes of at least 4 members (excludes halogenated alkanes) is 1. The van der Waals surface area contributed by atoms with E-state index in [-0.39, 0.29) is 11.9 Å². The average molecular weight is 327 g/mol. The summed E-state index contributed by atoms with van der Waals surface area (Å²) >= 11 is 0. The summed E-state index contributed by atoms with van der Waals surface area (Å²) < 4.78 is 14.9. The minimum atomic E-state index is -0.319. The summed E-state index contributed by atoms with van der Waals surface area (Å²) in [7, 11) is 0. The van der Waals surface area contributed by atoms with Crippen molar-refractivity contribution in [3.63, 3.8) is 0 Å². The number of ether oxygens (including phenoxy) is 3. The van der Waals surface area contributed by atoms with E-state index in [1.54, 1.807) is 13.8 Å². The largest absolute Gasteiger partial charge is 0.462 e. The van der Waals surface area contributed by atoms with Crippen molar-refractivity contribution in [3.8, 4) is 0 Å². The zero-order chi connectivity index (χ0) is 17.7. The summed E-state index contributed by atoms with van der Waals surface area (Å²) in [6.45, 7) is 16.3. The molecule has 0 N–H and O–H groups in total. The van der Waals surface area contributed by atoms with Crippen LogP contribution < -0.4 is 0 Å². The topological polar surface area (TPSA) is 65.1 Å². The van der Waals surface area contributed by atoms with Crippen molar-refractivity contribution >= 4 is 11.9 Å². The molecule has 0 aromatic carbocycles. The van der Waals surface area contributed by atoms with Gasteiger partial charge in [0.1, 0.15) is 6.61 Å².